The van der Waals surface area contributed by atoms with E-state index in [1.807, 2.05) is 33.8 Å². The molecule has 2 N–H and O–H groups in total. The fourth-order valence-corrected chi connectivity index (χ4v) is 3.78. The first-order chi connectivity index (χ1) is 13.5. The van der Waals surface area contributed by atoms with Gasteiger partial charge in [0.15, 0.2) is 0 Å². The molecule has 2 amide bonds. The lowest BCUT2D eigenvalue weighted by Crippen LogP contribution is -2.38. The van der Waals surface area contributed by atoms with Gasteiger partial charge in [0.25, 0.3) is 5.91 Å². The van der Waals surface area contributed by atoms with Crippen molar-refractivity contribution in [1.82, 2.24) is 5.32 Å². The van der Waals surface area contributed by atoms with Crippen LogP contribution >= 0.6 is 0 Å². The van der Waals surface area contributed by atoms with Gasteiger partial charge in [-0.2, -0.15) is 0 Å². The largest absolute Gasteiger partial charge is 0.350 e. The standard InChI is InChI=1S/C21H27N3O4S/c1-14(2)22-21(26)18-8-6-7-9-19(18)23-20(25)13-24(29(5,27)28)17-11-15(3)10-16(4)12-17/h6-12,14H,13H2,1-5H3,(H,22,26)(H,23,25). The van der Waals surface area contributed by atoms with Crippen LogP contribution in [0.25, 0.3) is 0 Å². The molecule has 0 unspecified atom stereocenters. The Kier molecular flexibility index (Phi) is 7.02. The Labute approximate surface area is 172 Å². The molecule has 0 aliphatic heterocycles. The Hall–Kier alpha value is -2.87. The van der Waals surface area contributed by atoms with E-state index in [4.69, 9.17) is 0 Å². The number of hydrogen-bond acceptors (Lipinski definition) is 4. The maximum absolute atomic E-state index is 12.7. The molecule has 0 aromatic heterocycles. The van der Waals surface area contributed by atoms with Crippen molar-refractivity contribution in [1.29, 1.82) is 0 Å². The number of para-hydroxylation sites is 1. The van der Waals surface area contributed by atoms with Crippen LogP contribution in [0.5, 0.6) is 0 Å². The van der Waals surface area contributed by atoms with E-state index < -0.39 is 22.5 Å². The van der Waals surface area contributed by atoms with Crippen LogP contribution in [0.2, 0.25) is 0 Å². The van der Waals surface area contributed by atoms with Crippen LogP contribution < -0.4 is 14.9 Å². The Bertz CT molecular complexity index is 996. The fourth-order valence-electron chi connectivity index (χ4n) is 2.94. The number of benzene rings is 2. The molecule has 2 aromatic carbocycles. The van der Waals surface area contributed by atoms with Gasteiger partial charge in [-0.05, 0) is 63.1 Å². The highest BCUT2D eigenvalue weighted by molar-refractivity contribution is 7.92. The van der Waals surface area contributed by atoms with Crippen LogP contribution in [0.4, 0.5) is 11.4 Å². The monoisotopic (exact) mass is 417 g/mol. The highest BCUT2D eigenvalue weighted by Crippen LogP contribution is 2.22. The number of aryl methyl sites for hydroxylation is 2. The summed E-state index contributed by atoms with van der Waals surface area (Å²) in [6.07, 6.45) is 1.06. The summed E-state index contributed by atoms with van der Waals surface area (Å²) in [5.74, 6) is -0.857. The molecule has 8 heteroatoms. The summed E-state index contributed by atoms with van der Waals surface area (Å²) in [6.45, 7) is 7.00. The molecule has 2 aromatic rings. The van der Waals surface area contributed by atoms with Crippen LogP contribution in [0.15, 0.2) is 42.5 Å². The number of sulfonamides is 1. The number of amides is 2. The summed E-state index contributed by atoms with van der Waals surface area (Å²) in [5, 5.41) is 5.44. The lowest BCUT2D eigenvalue weighted by atomic mass is 10.1. The lowest BCUT2D eigenvalue weighted by molar-refractivity contribution is -0.114. The summed E-state index contributed by atoms with van der Waals surface area (Å²) in [7, 11) is -3.69. The van der Waals surface area contributed by atoms with Crippen LogP contribution in [-0.4, -0.2) is 39.1 Å². The van der Waals surface area contributed by atoms with Crippen molar-refractivity contribution < 1.29 is 18.0 Å². The molecular weight excluding hydrogens is 390 g/mol. The Morgan fingerprint density at radius 1 is 1.03 bits per heavy atom. The van der Waals surface area contributed by atoms with Gasteiger partial charge in [0.05, 0.1) is 23.2 Å². The van der Waals surface area contributed by atoms with Gasteiger partial charge in [-0.1, -0.05) is 18.2 Å². The third-order valence-corrected chi connectivity index (χ3v) is 5.19. The van der Waals surface area contributed by atoms with Crippen LogP contribution in [-0.2, 0) is 14.8 Å². The van der Waals surface area contributed by atoms with E-state index in [9.17, 15) is 18.0 Å². The minimum atomic E-state index is -3.69. The van der Waals surface area contributed by atoms with Crippen molar-refractivity contribution in [2.24, 2.45) is 0 Å². The molecule has 0 heterocycles. The maximum Gasteiger partial charge on any atom is 0.253 e. The first kappa shape index (κ1) is 22.4. The zero-order chi connectivity index (χ0) is 21.8. The van der Waals surface area contributed by atoms with Gasteiger partial charge in [-0.25, -0.2) is 8.42 Å². The molecule has 0 bridgehead atoms. The van der Waals surface area contributed by atoms with Crippen LogP contribution in [0.3, 0.4) is 0 Å². The summed E-state index contributed by atoms with van der Waals surface area (Å²) in [5.41, 5.74) is 2.84. The predicted molar refractivity (Wildman–Crippen MR) is 116 cm³/mol. The summed E-state index contributed by atoms with van der Waals surface area (Å²) < 4.78 is 25.7. The molecule has 0 spiro atoms. The molecular formula is C21H27N3O4S. The zero-order valence-electron chi connectivity index (χ0n) is 17.3. The second-order valence-corrected chi connectivity index (χ2v) is 9.24. The third kappa shape index (κ3) is 6.32. The van der Waals surface area contributed by atoms with Crippen molar-refractivity contribution in [3.63, 3.8) is 0 Å². The summed E-state index contributed by atoms with van der Waals surface area (Å²) >= 11 is 0. The van der Waals surface area contributed by atoms with E-state index >= 15 is 0 Å². The normalized spacial score (nSPS) is 11.2. The highest BCUT2D eigenvalue weighted by Gasteiger charge is 2.22. The first-order valence-electron chi connectivity index (χ1n) is 9.23. The molecule has 29 heavy (non-hydrogen) atoms. The van der Waals surface area contributed by atoms with Gasteiger partial charge in [0.2, 0.25) is 15.9 Å². The molecule has 0 aliphatic rings. The topological polar surface area (TPSA) is 95.6 Å². The summed E-state index contributed by atoms with van der Waals surface area (Å²) in [4.78, 5) is 25.0. The molecule has 7 nitrogen and oxygen atoms in total. The van der Waals surface area contributed by atoms with Gasteiger partial charge < -0.3 is 10.6 Å². The SMILES string of the molecule is Cc1cc(C)cc(N(CC(=O)Nc2ccccc2C(=O)NC(C)C)S(C)(=O)=O)c1. The van der Waals surface area contributed by atoms with Crippen LogP contribution in [0, 0.1) is 13.8 Å². The second-order valence-electron chi connectivity index (χ2n) is 7.34. The Morgan fingerprint density at radius 3 is 2.17 bits per heavy atom. The third-order valence-electron chi connectivity index (χ3n) is 4.05. The number of carbonyl (C=O) groups is 2. The van der Waals surface area contributed by atoms with Crippen molar-refractivity contribution in [3.8, 4) is 0 Å². The van der Waals surface area contributed by atoms with E-state index in [1.54, 1.807) is 36.4 Å². The van der Waals surface area contributed by atoms with Gasteiger partial charge in [-0.15, -0.1) is 0 Å². The number of carbonyl (C=O) groups excluding carboxylic acids is 2. The molecule has 0 atom stereocenters. The zero-order valence-corrected chi connectivity index (χ0v) is 18.1. The van der Waals surface area contributed by atoms with Crippen molar-refractivity contribution in [3.05, 3.63) is 59.2 Å². The summed E-state index contributed by atoms with van der Waals surface area (Å²) in [6, 6.07) is 11.9. The minimum absolute atomic E-state index is 0.0588. The van der Waals surface area contributed by atoms with E-state index in [0.717, 1.165) is 21.7 Å². The highest BCUT2D eigenvalue weighted by atomic mass is 32.2. The van der Waals surface area contributed by atoms with Gasteiger partial charge in [-0.3, -0.25) is 13.9 Å². The minimum Gasteiger partial charge on any atom is -0.350 e. The molecule has 0 aliphatic carbocycles. The number of hydrogen-bond donors (Lipinski definition) is 2. The molecule has 0 fully saturated rings. The van der Waals surface area contributed by atoms with Gasteiger partial charge in [0, 0.05) is 6.04 Å². The molecule has 0 radical (unpaired) electrons. The maximum atomic E-state index is 12.7. The van der Waals surface area contributed by atoms with E-state index in [0.29, 0.717) is 16.9 Å². The van der Waals surface area contributed by atoms with Crippen molar-refractivity contribution in [2.45, 2.75) is 33.7 Å². The van der Waals surface area contributed by atoms with Crippen molar-refractivity contribution >= 4 is 33.2 Å². The Morgan fingerprint density at radius 2 is 1.62 bits per heavy atom. The molecule has 0 saturated heterocycles. The number of nitrogens with one attached hydrogen (secondary N) is 2. The van der Waals surface area contributed by atoms with Gasteiger partial charge in [0.1, 0.15) is 6.54 Å². The molecule has 2 rings (SSSR count). The molecule has 156 valence electrons. The van der Waals surface area contributed by atoms with E-state index in [2.05, 4.69) is 10.6 Å². The smallest absolute Gasteiger partial charge is 0.253 e. The van der Waals surface area contributed by atoms with Crippen molar-refractivity contribution in [2.75, 3.05) is 22.4 Å². The van der Waals surface area contributed by atoms with E-state index in [1.165, 1.54) is 0 Å². The van der Waals surface area contributed by atoms with Crippen LogP contribution in [0.1, 0.15) is 35.3 Å². The van der Waals surface area contributed by atoms with Gasteiger partial charge >= 0.3 is 0 Å². The number of rotatable bonds is 7. The number of anilines is 2. The fraction of sp³-hybridized carbons (Fsp3) is 0.333. The average molecular weight is 418 g/mol. The second kappa shape index (κ2) is 9.09. The predicted octanol–water partition coefficient (Wildman–Crippen LogP) is 2.85. The molecule has 0 saturated carbocycles. The first-order valence-corrected chi connectivity index (χ1v) is 11.1. The average Bonchev–Trinajstić information content (AvgIpc) is 2.57. The quantitative estimate of drug-likeness (QED) is 0.724. The number of nitrogens with zero attached hydrogens (tertiary/aromatic N) is 1. The lowest BCUT2D eigenvalue weighted by Gasteiger charge is -2.23. The van der Waals surface area contributed by atoms with E-state index in [-0.39, 0.29) is 11.9 Å². The Balaban J connectivity index is 2.27.